The maximum absolute atomic E-state index is 6.27. The lowest BCUT2D eigenvalue weighted by atomic mass is 10.1. The van der Waals surface area contributed by atoms with Gasteiger partial charge in [-0.15, -0.1) is 0 Å². The van der Waals surface area contributed by atoms with E-state index in [2.05, 4.69) is 33.9 Å². The van der Waals surface area contributed by atoms with Crippen molar-refractivity contribution in [2.24, 2.45) is 0 Å². The zero-order valence-electron chi connectivity index (χ0n) is 14.9. The summed E-state index contributed by atoms with van der Waals surface area (Å²) < 4.78 is 23.9. The van der Waals surface area contributed by atoms with Gasteiger partial charge in [0.05, 0.1) is 18.3 Å². The first-order chi connectivity index (χ1) is 10.7. The minimum atomic E-state index is -1.77. The molecular formula is C18H26O4Si. The molecular weight excluding hydrogens is 308 g/mol. The van der Waals surface area contributed by atoms with E-state index in [4.69, 9.17) is 18.3 Å². The van der Waals surface area contributed by atoms with E-state index < -0.39 is 8.32 Å². The van der Waals surface area contributed by atoms with Crippen LogP contribution in [0.1, 0.15) is 26.3 Å². The monoisotopic (exact) mass is 334 g/mol. The summed E-state index contributed by atoms with van der Waals surface area (Å²) in [6.07, 6.45) is 1.62. The lowest BCUT2D eigenvalue weighted by Crippen LogP contribution is -2.45. The summed E-state index contributed by atoms with van der Waals surface area (Å²) in [5, 5.41) is 1.17. The van der Waals surface area contributed by atoms with Crippen molar-refractivity contribution >= 4 is 19.3 Å². The maximum atomic E-state index is 6.27. The molecule has 0 N–H and O–H groups in total. The Labute approximate surface area is 138 Å². The first-order valence-electron chi connectivity index (χ1n) is 8.13. The predicted molar refractivity (Wildman–Crippen MR) is 94.0 cm³/mol. The molecule has 0 spiro atoms. The third-order valence-electron chi connectivity index (χ3n) is 4.98. The summed E-state index contributed by atoms with van der Waals surface area (Å²) in [6, 6.07) is 3.91. The van der Waals surface area contributed by atoms with Gasteiger partial charge in [0.1, 0.15) is 12.2 Å². The van der Waals surface area contributed by atoms with Crippen LogP contribution in [0.5, 0.6) is 11.5 Å². The molecule has 0 fully saturated rings. The van der Waals surface area contributed by atoms with Crippen LogP contribution in [-0.4, -0.2) is 27.6 Å². The molecule has 0 amide bonds. The van der Waals surface area contributed by atoms with Gasteiger partial charge in [-0.25, -0.2) is 0 Å². The van der Waals surface area contributed by atoms with Gasteiger partial charge in [-0.1, -0.05) is 20.8 Å². The Morgan fingerprint density at radius 2 is 2.04 bits per heavy atom. The van der Waals surface area contributed by atoms with Crippen molar-refractivity contribution in [3.05, 3.63) is 24.0 Å². The second-order valence-electron chi connectivity index (χ2n) is 7.81. The van der Waals surface area contributed by atoms with E-state index >= 15 is 0 Å². The molecule has 126 valence electrons. The van der Waals surface area contributed by atoms with E-state index in [0.29, 0.717) is 13.2 Å². The summed E-state index contributed by atoms with van der Waals surface area (Å²) in [4.78, 5) is 0. The standard InChI is InChI=1S/C18H26O4Si/c1-12-9-15-17(14-7-8-19-16(12)14)20-10-13(22-15)11-21-23(5,6)18(2,3)4/h7-9,13H,10-11H2,1-6H3/t13-/m1/s1. The number of aryl methyl sites for hydroxylation is 1. The Morgan fingerprint density at radius 3 is 2.74 bits per heavy atom. The molecule has 1 aliphatic rings. The van der Waals surface area contributed by atoms with Crippen molar-refractivity contribution < 1.29 is 18.3 Å². The summed E-state index contributed by atoms with van der Waals surface area (Å²) in [6.45, 7) is 14.3. The van der Waals surface area contributed by atoms with E-state index in [1.807, 2.05) is 19.1 Å². The summed E-state index contributed by atoms with van der Waals surface area (Å²) >= 11 is 0. The minimum Gasteiger partial charge on any atom is -0.485 e. The smallest absolute Gasteiger partial charge is 0.192 e. The van der Waals surface area contributed by atoms with Crippen LogP contribution in [0.4, 0.5) is 0 Å². The van der Waals surface area contributed by atoms with Crippen molar-refractivity contribution in [3.63, 3.8) is 0 Å². The molecule has 4 nitrogen and oxygen atoms in total. The molecule has 1 aromatic carbocycles. The number of hydrogen-bond acceptors (Lipinski definition) is 4. The van der Waals surface area contributed by atoms with Crippen LogP contribution in [0.3, 0.4) is 0 Å². The van der Waals surface area contributed by atoms with Crippen molar-refractivity contribution in [2.75, 3.05) is 13.2 Å². The molecule has 3 rings (SSSR count). The molecule has 2 aromatic rings. The van der Waals surface area contributed by atoms with E-state index in [9.17, 15) is 0 Å². The van der Waals surface area contributed by atoms with Gasteiger partial charge < -0.3 is 18.3 Å². The first-order valence-corrected chi connectivity index (χ1v) is 11.0. The average molecular weight is 334 g/mol. The lowest BCUT2D eigenvalue weighted by Gasteiger charge is -2.38. The largest absolute Gasteiger partial charge is 0.485 e. The molecule has 1 aliphatic heterocycles. The molecule has 0 saturated carbocycles. The van der Waals surface area contributed by atoms with E-state index in [0.717, 1.165) is 28.0 Å². The van der Waals surface area contributed by atoms with Crippen LogP contribution in [0.15, 0.2) is 22.8 Å². The van der Waals surface area contributed by atoms with Crippen molar-refractivity contribution in [1.29, 1.82) is 0 Å². The number of benzene rings is 1. The summed E-state index contributed by atoms with van der Waals surface area (Å²) in [5.41, 5.74) is 1.92. The van der Waals surface area contributed by atoms with Crippen LogP contribution in [0, 0.1) is 6.92 Å². The fourth-order valence-electron chi connectivity index (χ4n) is 2.48. The topological polar surface area (TPSA) is 40.8 Å². The van der Waals surface area contributed by atoms with Crippen molar-refractivity contribution in [3.8, 4) is 11.5 Å². The highest BCUT2D eigenvalue weighted by Crippen LogP contribution is 2.42. The van der Waals surface area contributed by atoms with Gasteiger partial charge in [0.2, 0.25) is 0 Å². The van der Waals surface area contributed by atoms with Crippen LogP contribution >= 0.6 is 0 Å². The third kappa shape index (κ3) is 3.00. The van der Waals surface area contributed by atoms with Gasteiger partial charge in [-0.05, 0) is 42.8 Å². The zero-order valence-corrected chi connectivity index (χ0v) is 15.9. The Bertz CT molecular complexity index is 712. The molecule has 0 unspecified atom stereocenters. The van der Waals surface area contributed by atoms with Crippen LogP contribution in [0.2, 0.25) is 18.1 Å². The molecule has 0 bridgehead atoms. The molecule has 1 aromatic heterocycles. The van der Waals surface area contributed by atoms with E-state index in [1.165, 1.54) is 0 Å². The fraction of sp³-hybridized carbons (Fsp3) is 0.556. The second kappa shape index (κ2) is 5.56. The minimum absolute atomic E-state index is 0.0691. The van der Waals surface area contributed by atoms with Crippen LogP contribution < -0.4 is 9.47 Å². The first kappa shape index (κ1) is 16.4. The number of furan rings is 1. The summed E-state index contributed by atoms with van der Waals surface area (Å²) in [7, 11) is -1.77. The SMILES string of the molecule is Cc1cc2c(c3ccoc13)OC[C@H](CO[Si](C)(C)C(C)(C)C)O2. The Balaban J connectivity index is 1.75. The fourth-order valence-corrected chi connectivity index (χ4v) is 3.52. The number of hydrogen-bond donors (Lipinski definition) is 0. The van der Waals surface area contributed by atoms with Gasteiger partial charge in [-0.3, -0.25) is 0 Å². The molecule has 0 saturated heterocycles. The number of fused-ring (bicyclic) bond motifs is 3. The molecule has 1 atom stereocenters. The van der Waals surface area contributed by atoms with Gasteiger partial charge in [0.25, 0.3) is 0 Å². The lowest BCUT2D eigenvalue weighted by molar-refractivity contribution is 0.0503. The highest BCUT2D eigenvalue weighted by Gasteiger charge is 2.38. The normalized spacial score (nSPS) is 18.4. The van der Waals surface area contributed by atoms with E-state index in [-0.39, 0.29) is 11.1 Å². The van der Waals surface area contributed by atoms with Gasteiger partial charge in [0, 0.05) is 0 Å². The highest BCUT2D eigenvalue weighted by atomic mass is 28.4. The molecule has 23 heavy (non-hydrogen) atoms. The van der Waals surface area contributed by atoms with Gasteiger partial charge >= 0.3 is 0 Å². The second-order valence-corrected chi connectivity index (χ2v) is 12.6. The predicted octanol–water partition coefficient (Wildman–Crippen LogP) is 4.90. The Kier molecular flexibility index (Phi) is 3.97. The molecule has 2 heterocycles. The summed E-state index contributed by atoms with van der Waals surface area (Å²) in [5.74, 6) is 1.56. The van der Waals surface area contributed by atoms with Gasteiger partial charge in [-0.2, -0.15) is 0 Å². The zero-order chi connectivity index (χ0) is 16.8. The molecule has 0 aliphatic carbocycles. The number of rotatable bonds is 3. The highest BCUT2D eigenvalue weighted by molar-refractivity contribution is 6.74. The molecule has 5 heteroatoms. The Morgan fingerprint density at radius 1 is 1.30 bits per heavy atom. The van der Waals surface area contributed by atoms with Crippen LogP contribution in [-0.2, 0) is 4.43 Å². The Hall–Kier alpha value is -1.46. The molecule has 0 radical (unpaired) electrons. The number of ether oxygens (including phenoxy) is 2. The third-order valence-corrected chi connectivity index (χ3v) is 9.48. The average Bonchev–Trinajstić information content (AvgIpc) is 2.94. The van der Waals surface area contributed by atoms with Crippen LogP contribution in [0.25, 0.3) is 11.0 Å². The van der Waals surface area contributed by atoms with Gasteiger partial charge in [0.15, 0.2) is 25.9 Å². The van der Waals surface area contributed by atoms with E-state index in [1.54, 1.807) is 6.26 Å². The maximum Gasteiger partial charge on any atom is 0.192 e. The van der Waals surface area contributed by atoms with Crippen molar-refractivity contribution in [2.45, 2.75) is 51.9 Å². The van der Waals surface area contributed by atoms with Crippen molar-refractivity contribution in [1.82, 2.24) is 0 Å². The quantitative estimate of drug-likeness (QED) is 0.748.